The zero-order valence-corrected chi connectivity index (χ0v) is 14.4. The number of hydrogen-bond acceptors (Lipinski definition) is 2. The van der Waals surface area contributed by atoms with Gasteiger partial charge in [0.25, 0.3) is 0 Å². The lowest BCUT2D eigenvalue weighted by Gasteiger charge is -2.08. The summed E-state index contributed by atoms with van der Waals surface area (Å²) >= 11 is 0. The first-order chi connectivity index (χ1) is 11.4. The zero-order valence-electron chi connectivity index (χ0n) is 14.4. The third-order valence-corrected chi connectivity index (χ3v) is 3.92. The summed E-state index contributed by atoms with van der Waals surface area (Å²) in [5, 5.41) is 12.1. The second-order valence-corrected chi connectivity index (χ2v) is 5.84. The van der Waals surface area contributed by atoms with Crippen LogP contribution in [0.5, 0.6) is 0 Å². The number of rotatable bonds is 4. The van der Waals surface area contributed by atoms with E-state index in [4.69, 9.17) is 0 Å². The van der Waals surface area contributed by atoms with Gasteiger partial charge >= 0.3 is 0 Å². The van der Waals surface area contributed by atoms with E-state index in [1.54, 1.807) is 20.0 Å². The van der Waals surface area contributed by atoms with Gasteiger partial charge < -0.3 is 5.32 Å². The van der Waals surface area contributed by atoms with E-state index in [1.807, 2.05) is 38.1 Å². The van der Waals surface area contributed by atoms with Crippen molar-refractivity contribution in [2.75, 3.05) is 7.05 Å². The molecule has 122 valence electrons. The molecule has 0 atom stereocenters. The van der Waals surface area contributed by atoms with Crippen LogP contribution in [-0.2, 0) is 0 Å². The summed E-state index contributed by atoms with van der Waals surface area (Å²) in [7, 11) is 1.75. The van der Waals surface area contributed by atoms with E-state index in [1.165, 1.54) is 6.07 Å². The van der Waals surface area contributed by atoms with E-state index >= 15 is 0 Å². The number of hydrogen-bond donors (Lipinski definition) is 1. The van der Waals surface area contributed by atoms with Crippen molar-refractivity contribution in [3.63, 3.8) is 0 Å². The number of halogens is 1. The average Bonchev–Trinajstić information content (AvgIpc) is 2.56. The molecule has 0 amide bonds. The van der Waals surface area contributed by atoms with Gasteiger partial charge in [-0.05, 0) is 72.4 Å². The maximum atomic E-state index is 13.3. The minimum Gasteiger partial charge on any atom is -0.379 e. The quantitative estimate of drug-likeness (QED) is 0.629. The zero-order chi connectivity index (χ0) is 17.7. The van der Waals surface area contributed by atoms with E-state index in [-0.39, 0.29) is 5.82 Å². The molecule has 0 aliphatic rings. The normalized spacial score (nSPS) is 12.0. The summed E-state index contributed by atoms with van der Waals surface area (Å²) in [5.41, 5.74) is 6.23. The van der Waals surface area contributed by atoms with Crippen molar-refractivity contribution in [1.82, 2.24) is 5.32 Å². The molecular weight excluding hydrogens is 299 g/mol. The Bertz CT molecular complexity index is 855. The fourth-order valence-corrected chi connectivity index (χ4v) is 2.56. The van der Waals surface area contributed by atoms with Crippen LogP contribution >= 0.6 is 0 Å². The lowest BCUT2D eigenvalue weighted by atomic mass is 9.99. The highest BCUT2D eigenvalue weighted by molar-refractivity contribution is 5.75. The molecule has 0 spiro atoms. The first-order valence-corrected chi connectivity index (χ1v) is 7.79. The largest absolute Gasteiger partial charge is 0.379 e. The number of benzene rings is 2. The maximum Gasteiger partial charge on any atom is 0.126 e. The molecule has 0 aliphatic heterocycles. The Hall–Kier alpha value is -2.86. The molecule has 3 heteroatoms. The second-order valence-electron chi connectivity index (χ2n) is 5.84. The first-order valence-electron chi connectivity index (χ1n) is 7.79. The number of allylic oxidation sites excluding steroid dienone is 2. The highest BCUT2D eigenvalue weighted by Gasteiger charge is 2.05. The van der Waals surface area contributed by atoms with Gasteiger partial charge in [-0.25, -0.2) is 4.39 Å². The predicted molar refractivity (Wildman–Crippen MR) is 98.5 cm³/mol. The molecule has 1 N–H and O–H groups in total. The molecule has 0 heterocycles. The van der Waals surface area contributed by atoms with Gasteiger partial charge in [-0.3, -0.25) is 0 Å². The summed E-state index contributed by atoms with van der Waals surface area (Å²) in [4.78, 5) is 0. The number of nitrogens with one attached hydrogen (secondary N) is 1. The van der Waals surface area contributed by atoms with Crippen molar-refractivity contribution in [2.24, 2.45) is 0 Å². The fraction of sp³-hybridized carbons (Fsp3) is 0.190. The molecule has 0 aliphatic carbocycles. The summed E-state index contributed by atoms with van der Waals surface area (Å²) in [6.45, 7) is 5.72. The molecule has 0 fully saturated rings. The maximum absolute atomic E-state index is 13.3. The van der Waals surface area contributed by atoms with Crippen LogP contribution < -0.4 is 5.32 Å². The van der Waals surface area contributed by atoms with Crippen LogP contribution in [0.15, 0.2) is 42.1 Å². The first kappa shape index (κ1) is 17.5. The van der Waals surface area contributed by atoms with E-state index in [0.717, 1.165) is 27.8 Å². The third-order valence-electron chi connectivity index (χ3n) is 3.92. The van der Waals surface area contributed by atoms with Crippen molar-refractivity contribution in [2.45, 2.75) is 20.8 Å². The topological polar surface area (TPSA) is 35.8 Å². The van der Waals surface area contributed by atoms with Crippen molar-refractivity contribution < 1.29 is 4.39 Å². The van der Waals surface area contributed by atoms with Crippen LogP contribution in [0, 0.1) is 31.0 Å². The Kier molecular flexibility index (Phi) is 5.55. The standard InChI is InChI=1S/C21H21FN2/c1-14-9-18(6-5-17-7-8-20(22)15(2)11-17)12-19(10-14)16(3)21(13-23)24-4/h5-12,24H,1-4H3/b6-5+,21-16+. The molecule has 0 unspecified atom stereocenters. The summed E-state index contributed by atoms with van der Waals surface area (Å²) < 4.78 is 13.3. The van der Waals surface area contributed by atoms with Crippen molar-refractivity contribution >= 4 is 17.7 Å². The molecule has 0 saturated heterocycles. The minimum absolute atomic E-state index is 0.193. The van der Waals surface area contributed by atoms with Crippen LogP contribution in [0.3, 0.4) is 0 Å². The van der Waals surface area contributed by atoms with Crippen molar-refractivity contribution in [1.29, 1.82) is 5.26 Å². The van der Waals surface area contributed by atoms with E-state index in [2.05, 4.69) is 23.5 Å². The molecule has 0 radical (unpaired) electrons. The van der Waals surface area contributed by atoms with Gasteiger partial charge in [-0.1, -0.05) is 30.4 Å². The molecular formula is C21H21FN2. The highest BCUT2D eigenvalue weighted by Crippen LogP contribution is 2.21. The van der Waals surface area contributed by atoms with Gasteiger partial charge in [0.05, 0.1) is 0 Å². The lowest BCUT2D eigenvalue weighted by molar-refractivity contribution is 0.618. The van der Waals surface area contributed by atoms with Crippen LogP contribution in [-0.4, -0.2) is 7.05 Å². The fourth-order valence-electron chi connectivity index (χ4n) is 2.56. The Balaban J connectivity index is 2.38. The van der Waals surface area contributed by atoms with Crippen LogP contribution in [0.2, 0.25) is 0 Å². The highest BCUT2D eigenvalue weighted by atomic mass is 19.1. The smallest absolute Gasteiger partial charge is 0.126 e. The average molecular weight is 320 g/mol. The van der Waals surface area contributed by atoms with Gasteiger partial charge in [-0.15, -0.1) is 0 Å². The summed E-state index contributed by atoms with van der Waals surface area (Å²) in [5.74, 6) is -0.193. The number of nitrogens with zero attached hydrogens (tertiary/aromatic N) is 1. The van der Waals surface area contributed by atoms with Crippen LogP contribution in [0.1, 0.15) is 34.7 Å². The van der Waals surface area contributed by atoms with E-state index in [9.17, 15) is 9.65 Å². The number of aryl methyl sites for hydroxylation is 2. The van der Waals surface area contributed by atoms with Crippen molar-refractivity contribution in [3.8, 4) is 6.07 Å². The molecule has 0 saturated carbocycles. The monoisotopic (exact) mass is 320 g/mol. The Labute approximate surface area is 143 Å². The molecule has 24 heavy (non-hydrogen) atoms. The molecule has 2 aromatic carbocycles. The van der Waals surface area contributed by atoms with E-state index < -0.39 is 0 Å². The Morgan fingerprint density at radius 1 is 1.08 bits per heavy atom. The summed E-state index contributed by atoms with van der Waals surface area (Å²) in [6, 6.07) is 13.4. The van der Waals surface area contributed by atoms with Crippen LogP contribution in [0.25, 0.3) is 17.7 Å². The predicted octanol–water partition coefficient (Wildman–Crippen LogP) is 5.09. The molecule has 2 rings (SSSR count). The third kappa shape index (κ3) is 4.11. The Morgan fingerprint density at radius 3 is 2.42 bits per heavy atom. The van der Waals surface area contributed by atoms with Gasteiger partial charge in [0.2, 0.25) is 0 Å². The molecule has 2 nitrogen and oxygen atoms in total. The SMILES string of the molecule is CN/C(C#N)=C(\C)c1cc(C)cc(/C=C/c2ccc(F)c(C)c2)c1. The number of nitriles is 1. The van der Waals surface area contributed by atoms with Gasteiger partial charge in [-0.2, -0.15) is 5.26 Å². The van der Waals surface area contributed by atoms with Gasteiger partial charge in [0.15, 0.2) is 0 Å². The van der Waals surface area contributed by atoms with Crippen molar-refractivity contribution in [3.05, 3.63) is 75.7 Å². The Morgan fingerprint density at radius 2 is 1.79 bits per heavy atom. The lowest BCUT2D eigenvalue weighted by Crippen LogP contribution is -2.05. The van der Waals surface area contributed by atoms with Crippen LogP contribution in [0.4, 0.5) is 4.39 Å². The minimum atomic E-state index is -0.193. The second kappa shape index (κ2) is 7.61. The van der Waals surface area contributed by atoms with Gasteiger partial charge in [0.1, 0.15) is 17.6 Å². The van der Waals surface area contributed by atoms with E-state index in [0.29, 0.717) is 11.3 Å². The molecule has 0 aromatic heterocycles. The molecule has 2 aromatic rings. The van der Waals surface area contributed by atoms with Gasteiger partial charge in [0, 0.05) is 7.05 Å². The summed E-state index contributed by atoms with van der Waals surface area (Å²) in [6.07, 6.45) is 3.97. The molecule has 0 bridgehead atoms.